The highest BCUT2D eigenvalue weighted by Gasteiger charge is 2.44. The highest BCUT2D eigenvalue weighted by molar-refractivity contribution is 6.31. The number of rotatable bonds is 1. The molecule has 2 aliphatic rings. The van der Waals surface area contributed by atoms with Gasteiger partial charge in [0.15, 0.2) is 0 Å². The molecule has 2 heterocycles. The van der Waals surface area contributed by atoms with Crippen molar-refractivity contribution in [2.24, 2.45) is 0 Å². The second-order valence-electron chi connectivity index (χ2n) is 5.41. The Labute approximate surface area is 126 Å². The molecule has 1 spiro atoms. The molecule has 2 saturated heterocycles. The highest BCUT2D eigenvalue weighted by atomic mass is 35.5. The van der Waals surface area contributed by atoms with E-state index in [0.717, 1.165) is 18.6 Å². The molecule has 112 valence electrons. The van der Waals surface area contributed by atoms with Gasteiger partial charge in [-0.25, -0.2) is 9.18 Å². The van der Waals surface area contributed by atoms with Gasteiger partial charge in [-0.1, -0.05) is 11.6 Å². The van der Waals surface area contributed by atoms with Gasteiger partial charge in [-0.3, -0.25) is 4.79 Å². The summed E-state index contributed by atoms with van der Waals surface area (Å²) in [7, 11) is 0. The maximum Gasteiger partial charge on any atom is 0.407 e. The van der Waals surface area contributed by atoms with E-state index in [1.165, 1.54) is 6.07 Å². The van der Waals surface area contributed by atoms with Crippen molar-refractivity contribution in [3.63, 3.8) is 0 Å². The number of carbonyl (C=O) groups excluding carboxylic acids is 2. The summed E-state index contributed by atoms with van der Waals surface area (Å²) in [6, 6.07) is 3.75. The van der Waals surface area contributed by atoms with Gasteiger partial charge in [0.05, 0.1) is 13.1 Å². The summed E-state index contributed by atoms with van der Waals surface area (Å²) in [6.07, 6.45) is 0.974. The van der Waals surface area contributed by atoms with E-state index in [2.05, 4.69) is 5.32 Å². The van der Waals surface area contributed by atoms with Crippen LogP contribution in [0.4, 0.5) is 9.18 Å². The summed E-state index contributed by atoms with van der Waals surface area (Å²) in [4.78, 5) is 25.3. The Hall–Kier alpha value is -1.82. The molecular formula is C14H14ClFN2O3. The van der Waals surface area contributed by atoms with Crippen LogP contribution in [-0.2, 0) is 4.74 Å². The van der Waals surface area contributed by atoms with Gasteiger partial charge in [-0.15, -0.1) is 0 Å². The van der Waals surface area contributed by atoms with Crippen LogP contribution in [0.15, 0.2) is 18.2 Å². The van der Waals surface area contributed by atoms with Crippen LogP contribution in [0.1, 0.15) is 23.2 Å². The summed E-state index contributed by atoms with van der Waals surface area (Å²) in [5.41, 5.74) is -0.461. The summed E-state index contributed by atoms with van der Waals surface area (Å²) in [5, 5.41) is 2.80. The second-order valence-corrected chi connectivity index (χ2v) is 5.85. The number of piperidine rings is 1. The van der Waals surface area contributed by atoms with E-state index in [9.17, 15) is 14.0 Å². The van der Waals surface area contributed by atoms with Crippen LogP contribution in [-0.4, -0.2) is 42.1 Å². The van der Waals surface area contributed by atoms with Gasteiger partial charge in [0.25, 0.3) is 5.91 Å². The van der Waals surface area contributed by atoms with Crippen LogP contribution in [0.25, 0.3) is 0 Å². The molecule has 21 heavy (non-hydrogen) atoms. The van der Waals surface area contributed by atoms with Crippen molar-refractivity contribution in [1.29, 1.82) is 0 Å². The van der Waals surface area contributed by atoms with Gasteiger partial charge in [0.1, 0.15) is 11.4 Å². The lowest BCUT2D eigenvalue weighted by Gasteiger charge is -2.38. The molecule has 7 heteroatoms. The normalized spacial score (nSPS) is 24.9. The fourth-order valence-corrected chi connectivity index (χ4v) is 3.08. The van der Waals surface area contributed by atoms with E-state index in [0.29, 0.717) is 26.1 Å². The molecule has 0 unspecified atom stereocenters. The first-order valence-electron chi connectivity index (χ1n) is 6.70. The first kappa shape index (κ1) is 14.1. The Morgan fingerprint density at radius 2 is 2.24 bits per heavy atom. The van der Waals surface area contributed by atoms with Crippen LogP contribution >= 0.6 is 11.6 Å². The third kappa shape index (κ3) is 2.81. The van der Waals surface area contributed by atoms with E-state index in [4.69, 9.17) is 16.3 Å². The quantitative estimate of drug-likeness (QED) is 0.865. The Morgan fingerprint density at radius 3 is 2.90 bits per heavy atom. The van der Waals surface area contributed by atoms with Crippen molar-refractivity contribution < 1.29 is 18.7 Å². The van der Waals surface area contributed by atoms with Gasteiger partial charge in [0, 0.05) is 17.1 Å². The second kappa shape index (κ2) is 5.18. The molecule has 3 rings (SSSR count). The largest absolute Gasteiger partial charge is 0.439 e. The number of amides is 2. The number of benzene rings is 1. The highest BCUT2D eigenvalue weighted by Crippen LogP contribution is 2.29. The Morgan fingerprint density at radius 1 is 1.43 bits per heavy atom. The molecule has 2 aliphatic heterocycles. The summed E-state index contributed by atoms with van der Waals surface area (Å²) in [6.45, 7) is 1.24. The lowest BCUT2D eigenvalue weighted by Crippen LogP contribution is -2.52. The molecule has 2 amide bonds. The monoisotopic (exact) mass is 312 g/mol. The zero-order valence-corrected chi connectivity index (χ0v) is 12.0. The van der Waals surface area contributed by atoms with Crippen molar-refractivity contribution in [2.75, 3.05) is 19.6 Å². The molecule has 2 fully saturated rings. The van der Waals surface area contributed by atoms with Crippen LogP contribution in [0.2, 0.25) is 5.02 Å². The lowest BCUT2D eigenvalue weighted by molar-refractivity contribution is -0.00504. The number of hydrogen-bond donors (Lipinski definition) is 1. The van der Waals surface area contributed by atoms with Crippen LogP contribution in [0.5, 0.6) is 0 Å². The first-order chi connectivity index (χ1) is 9.97. The van der Waals surface area contributed by atoms with E-state index in [1.54, 1.807) is 4.90 Å². The van der Waals surface area contributed by atoms with Crippen LogP contribution in [0.3, 0.4) is 0 Å². The van der Waals surface area contributed by atoms with Gasteiger partial charge in [0.2, 0.25) is 0 Å². The topological polar surface area (TPSA) is 58.6 Å². The first-order valence-corrected chi connectivity index (χ1v) is 7.07. The average molecular weight is 313 g/mol. The maximum absolute atomic E-state index is 13.4. The Kier molecular flexibility index (Phi) is 3.49. The van der Waals surface area contributed by atoms with E-state index >= 15 is 0 Å². The number of alkyl carbamates (subject to hydrolysis) is 1. The third-order valence-corrected chi connectivity index (χ3v) is 4.02. The standard InChI is InChI=1S/C14H14ClFN2O3/c15-10-4-9(5-11(16)6-10)12(19)18-3-1-2-14(8-18)7-17-13(20)21-14/h4-6H,1-3,7-8H2,(H,17,20)/t14-/m0/s1. The molecular weight excluding hydrogens is 299 g/mol. The number of ether oxygens (including phenoxy) is 1. The molecule has 0 bridgehead atoms. The SMILES string of the molecule is O=C1NC[C@]2(CCCN(C(=O)c3cc(F)cc(Cl)c3)C2)O1. The van der Waals surface area contributed by atoms with Gasteiger partial charge >= 0.3 is 6.09 Å². The lowest BCUT2D eigenvalue weighted by atomic mass is 9.92. The smallest absolute Gasteiger partial charge is 0.407 e. The predicted octanol–water partition coefficient (Wildman–Crippen LogP) is 2.19. The molecule has 1 aromatic rings. The molecule has 0 aromatic heterocycles. The Balaban J connectivity index is 1.79. The number of nitrogens with zero attached hydrogens (tertiary/aromatic N) is 1. The molecule has 0 radical (unpaired) electrons. The van der Waals surface area contributed by atoms with Crippen LogP contribution in [0, 0.1) is 5.82 Å². The summed E-state index contributed by atoms with van der Waals surface area (Å²) < 4.78 is 18.7. The molecule has 1 atom stereocenters. The number of halogens is 2. The van der Waals surface area contributed by atoms with Crippen molar-refractivity contribution in [3.8, 4) is 0 Å². The fourth-order valence-electron chi connectivity index (χ4n) is 2.86. The zero-order chi connectivity index (χ0) is 15.0. The number of hydrogen-bond acceptors (Lipinski definition) is 3. The van der Waals surface area contributed by atoms with Crippen molar-refractivity contribution in [2.45, 2.75) is 18.4 Å². The fraction of sp³-hybridized carbons (Fsp3) is 0.429. The minimum Gasteiger partial charge on any atom is -0.439 e. The number of nitrogens with one attached hydrogen (secondary N) is 1. The molecule has 1 aromatic carbocycles. The number of likely N-dealkylation sites (tertiary alicyclic amines) is 1. The molecule has 0 aliphatic carbocycles. The van der Waals surface area contributed by atoms with E-state index in [-0.39, 0.29) is 16.5 Å². The number of carbonyl (C=O) groups is 2. The maximum atomic E-state index is 13.4. The van der Waals surface area contributed by atoms with Crippen molar-refractivity contribution in [1.82, 2.24) is 10.2 Å². The van der Waals surface area contributed by atoms with Crippen molar-refractivity contribution in [3.05, 3.63) is 34.6 Å². The van der Waals surface area contributed by atoms with Crippen LogP contribution < -0.4 is 5.32 Å². The zero-order valence-electron chi connectivity index (χ0n) is 11.2. The average Bonchev–Trinajstić information content (AvgIpc) is 2.77. The molecule has 1 N–H and O–H groups in total. The van der Waals surface area contributed by atoms with Crippen molar-refractivity contribution >= 4 is 23.6 Å². The predicted molar refractivity (Wildman–Crippen MR) is 73.8 cm³/mol. The summed E-state index contributed by atoms with van der Waals surface area (Å²) >= 11 is 5.78. The van der Waals surface area contributed by atoms with Gasteiger partial charge in [-0.2, -0.15) is 0 Å². The van der Waals surface area contributed by atoms with E-state index in [1.807, 2.05) is 0 Å². The molecule has 0 saturated carbocycles. The van der Waals surface area contributed by atoms with E-state index < -0.39 is 17.5 Å². The van der Waals surface area contributed by atoms with Gasteiger partial charge < -0.3 is 15.0 Å². The minimum absolute atomic E-state index is 0.180. The minimum atomic E-state index is -0.665. The Bertz CT molecular complexity index is 590. The summed E-state index contributed by atoms with van der Waals surface area (Å²) in [5.74, 6) is -0.857. The third-order valence-electron chi connectivity index (χ3n) is 3.80. The van der Waals surface area contributed by atoms with Gasteiger partial charge in [-0.05, 0) is 31.0 Å². The molecule has 5 nitrogen and oxygen atoms in total.